The van der Waals surface area contributed by atoms with E-state index in [1.807, 2.05) is 4.68 Å². The lowest BCUT2D eigenvalue weighted by atomic mass is 10.2. The number of hydrogen-bond donors (Lipinski definition) is 2. The average Bonchev–Trinajstić information content (AvgIpc) is 3.48. The van der Waals surface area contributed by atoms with Gasteiger partial charge in [0, 0.05) is 24.1 Å². The summed E-state index contributed by atoms with van der Waals surface area (Å²) in [5.41, 5.74) is 2.68. The van der Waals surface area contributed by atoms with E-state index in [-0.39, 0.29) is 5.69 Å². The topological polar surface area (TPSA) is 59.0 Å². The molecule has 0 unspecified atom stereocenters. The second-order valence-electron chi connectivity index (χ2n) is 6.63. The Labute approximate surface area is 140 Å². The lowest BCUT2D eigenvalue weighted by Gasteiger charge is -2.10. The molecule has 0 spiro atoms. The fourth-order valence-corrected chi connectivity index (χ4v) is 2.92. The molecular weight excluding hydrogens is 307 g/mol. The number of nitrogens with one attached hydrogen (secondary N) is 2. The van der Waals surface area contributed by atoms with Crippen LogP contribution < -0.4 is 10.6 Å². The molecule has 4 rings (SSSR count). The summed E-state index contributed by atoms with van der Waals surface area (Å²) in [7, 11) is 0. The first-order valence-electron chi connectivity index (χ1n) is 8.58. The van der Waals surface area contributed by atoms with Gasteiger partial charge in [-0.3, -0.25) is 4.68 Å². The van der Waals surface area contributed by atoms with Crippen LogP contribution in [-0.4, -0.2) is 22.4 Å². The first-order chi connectivity index (χ1) is 11.7. The largest absolute Gasteiger partial charge is 0.336 e. The molecular formula is C18H21FN4O. The standard InChI is InChI=1S/C18H21FN4O/c19-14-3-1-2-4-15(14)21-18(24)20-9-10-23-17(13-7-8-13)11-16(22-23)12-5-6-12/h1-4,11-13H,5-10H2,(H2,20,21,24). The van der Waals surface area contributed by atoms with Gasteiger partial charge in [-0.2, -0.15) is 5.10 Å². The Kier molecular flexibility index (Phi) is 3.96. The summed E-state index contributed by atoms with van der Waals surface area (Å²) < 4.78 is 15.5. The maximum atomic E-state index is 13.5. The maximum absolute atomic E-state index is 13.5. The lowest BCUT2D eigenvalue weighted by molar-refractivity contribution is 0.251. The van der Waals surface area contributed by atoms with Crippen LogP contribution in [-0.2, 0) is 6.54 Å². The molecule has 0 bridgehead atoms. The van der Waals surface area contributed by atoms with Crippen LogP contribution >= 0.6 is 0 Å². The number of carbonyl (C=O) groups excluding carboxylic acids is 1. The summed E-state index contributed by atoms with van der Waals surface area (Å²) >= 11 is 0. The van der Waals surface area contributed by atoms with Crippen molar-refractivity contribution >= 4 is 11.7 Å². The Balaban J connectivity index is 1.32. The van der Waals surface area contributed by atoms with Crippen LogP contribution in [0.3, 0.4) is 0 Å². The zero-order valence-corrected chi connectivity index (χ0v) is 13.5. The van der Waals surface area contributed by atoms with E-state index >= 15 is 0 Å². The molecule has 0 aliphatic heterocycles. The smallest absolute Gasteiger partial charge is 0.319 e. The molecule has 2 aliphatic carbocycles. The first kappa shape index (κ1) is 15.2. The van der Waals surface area contributed by atoms with Crippen LogP contribution in [0, 0.1) is 5.82 Å². The van der Waals surface area contributed by atoms with Crippen molar-refractivity contribution in [3.63, 3.8) is 0 Å². The van der Waals surface area contributed by atoms with Crippen LogP contribution in [0.15, 0.2) is 30.3 Å². The zero-order chi connectivity index (χ0) is 16.5. The van der Waals surface area contributed by atoms with E-state index in [2.05, 4.69) is 16.7 Å². The molecule has 2 fully saturated rings. The normalized spacial score (nSPS) is 16.9. The average molecular weight is 328 g/mol. The second-order valence-corrected chi connectivity index (χ2v) is 6.63. The Hall–Kier alpha value is -2.37. The Morgan fingerprint density at radius 3 is 2.67 bits per heavy atom. The molecule has 0 saturated heterocycles. The molecule has 5 nitrogen and oxygen atoms in total. The van der Waals surface area contributed by atoms with E-state index in [4.69, 9.17) is 5.10 Å². The number of halogens is 1. The highest BCUT2D eigenvalue weighted by molar-refractivity contribution is 5.89. The molecule has 2 N–H and O–H groups in total. The maximum Gasteiger partial charge on any atom is 0.319 e. The van der Waals surface area contributed by atoms with Crippen LogP contribution in [0.25, 0.3) is 0 Å². The summed E-state index contributed by atoms with van der Waals surface area (Å²) in [5, 5.41) is 10.0. The monoisotopic (exact) mass is 328 g/mol. The molecule has 1 aromatic heterocycles. The number of nitrogens with zero attached hydrogens (tertiary/aromatic N) is 2. The number of urea groups is 1. The third-order valence-electron chi connectivity index (χ3n) is 4.55. The fraction of sp³-hybridized carbons (Fsp3) is 0.444. The summed E-state index contributed by atoms with van der Waals surface area (Å²) in [4.78, 5) is 11.9. The number of amides is 2. The van der Waals surface area contributed by atoms with Gasteiger partial charge in [-0.05, 0) is 43.9 Å². The number of hydrogen-bond acceptors (Lipinski definition) is 2. The molecule has 0 radical (unpaired) electrons. The predicted molar refractivity (Wildman–Crippen MR) is 89.6 cm³/mol. The molecule has 24 heavy (non-hydrogen) atoms. The Bertz CT molecular complexity index is 749. The van der Waals surface area contributed by atoms with Gasteiger partial charge in [0.2, 0.25) is 0 Å². The number of rotatable bonds is 6. The highest BCUT2D eigenvalue weighted by Gasteiger charge is 2.32. The number of aromatic nitrogens is 2. The lowest BCUT2D eigenvalue weighted by Crippen LogP contribution is -2.32. The Morgan fingerprint density at radius 2 is 1.96 bits per heavy atom. The van der Waals surface area contributed by atoms with Gasteiger partial charge < -0.3 is 10.6 Å². The molecule has 6 heteroatoms. The highest BCUT2D eigenvalue weighted by Crippen LogP contribution is 2.44. The minimum atomic E-state index is -0.440. The van der Waals surface area contributed by atoms with Gasteiger partial charge in [0.25, 0.3) is 0 Å². The van der Waals surface area contributed by atoms with Crippen LogP contribution in [0.2, 0.25) is 0 Å². The van der Waals surface area contributed by atoms with Crippen LogP contribution in [0.5, 0.6) is 0 Å². The van der Waals surface area contributed by atoms with Gasteiger partial charge >= 0.3 is 6.03 Å². The van der Waals surface area contributed by atoms with Gasteiger partial charge in [0.15, 0.2) is 0 Å². The van der Waals surface area contributed by atoms with Crippen molar-refractivity contribution in [2.24, 2.45) is 0 Å². The van der Waals surface area contributed by atoms with Crippen LogP contribution in [0.1, 0.15) is 48.9 Å². The van der Waals surface area contributed by atoms with E-state index in [1.54, 1.807) is 12.1 Å². The number of benzene rings is 1. The summed E-state index contributed by atoms with van der Waals surface area (Å²) in [6.45, 7) is 1.11. The summed E-state index contributed by atoms with van der Waals surface area (Å²) in [6.07, 6.45) is 4.95. The van der Waals surface area contributed by atoms with E-state index in [9.17, 15) is 9.18 Å². The van der Waals surface area contributed by atoms with E-state index in [0.717, 1.165) is 0 Å². The molecule has 2 amide bonds. The van der Waals surface area contributed by atoms with E-state index in [0.29, 0.717) is 24.9 Å². The fourth-order valence-electron chi connectivity index (χ4n) is 2.92. The SMILES string of the molecule is O=C(NCCn1nc(C2CC2)cc1C1CC1)Nc1ccccc1F. The summed E-state index contributed by atoms with van der Waals surface area (Å²) in [5.74, 6) is 0.836. The predicted octanol–water partition coefficient (Wildman–Crippen LogP) is 3.60. The molecule has 1 aromatic carbocycles. The van der Waals surface area contributed by atoms with Crippen molar-refractivity contribution in [2.75, 3.05) is 11.9 Å². The number of carbonyl (C=O) groups is 1. The number of anilines is 1. The second kappa shape index (κ2) is 6.26. The van der Waals surface area contributed by atoms with Crippen molar-refractivity contribution in [3.8, 4) is 0 Å². The minimum Gasteiger partial charge on any atom is -0.336 e. The quantitative estimate of drug-likeness (QED) is 0.851. The zero-order valence-electron chi connectivity index (χ0n) is 13.5. The minimum absolute atomic E-state index is 0.184. The highest BCUT2D eigenvalue weighted by atomic mass is 19.1. The molecule has 0 atom stereocenters. The molecule has 2 saturated carbocycles. The molecule has 126 valence electrons. The van der Waals surface area contributed by atoms with Gasteiger partial charge in [0.05, 0.1) is 17.9 Å². The molecule has 2 aromatic rings. The van der Waals surface area contributed by atoms with Crippen molar-refractivity contribution < 1.29 is 9.18 Å². The van der Waals surface area contributed by atoms with Crippen molar-refractivity contribution in [1.29, 1.82) is 0 Å². The van der Waals surface area contributed by atoms with Gasteiger partial charge in [-0.15, -0.1) is 0 Å². The Morgan fingerprint density at radius 1 is 1.21 bits per heavy atom. The molecule has 2 aliphatic rings. The molecule has 1 heterocycles. The van der Waals surface area contributed by atoms with Gasteiger partial charge in [0.1, 0.15) is 5.82 Å². The van der Waals surface area contributed by atoms with Crippen molar-refractivity contribution in [1.82, 2.24) is 15.1 Å². The van der Waals surface area contributed by atoms with E-state index < -0.39 is 11.8 Å². The first-order valence-corrected chi connectivity index (χ1v) is 8.58. The van der Waals surface area contributed by atoms with Crippen molar-refractivity contribution in [3.05, 3.63) is 47.5 Å². The van der Waals surface area contributed by atoms with Gasteiger partial charge in [-0.25, -0.2) is 9.18 Å². The van der Waals surface area contributed by atoms with Gasteiger partial charge in [-0.1, -0.05) is 12.1 Å². The van der Waals surface area contributed by atoms with Crippen LogP contribution in [0.4, 0.5) is 14.9 Å². The third kappa shape index (κ3) is 3.42. The number of para-hydroxylation sites is 1. The summed E-state index contributed by atoms with van der Waals surface area (Å²) in [6, 6.07) is 7.98. The van der Waals surface area contributed by atoms with E-state index in [1.165, 1.54) is 49.2 Å². The van der Waals surface area contributed by atoms with Crippen molar-refractivity contribution in [2.45, 2.75) is 44.1 Å². The third-order valence-corrected chi connectivity index (χ3v) is 4.55.